The zero-order chi connectivity index (χ0) is 15.3. The molecule has 1 amide bonds. The predicted molar refractivity (Wildman–Crippen MR) is 69.1 cm³/mol. The Kier molecular flexibility index (Phi) is 5.61. The van der Waals surface area contributed by atoms with Crippen LogP contribution < -0.4 is 5.32 Å². The van der Waals surface area contributed by atoms with Crippen LogP contribution in [0.5, 0.6) is 0 Å². The van der Waals surface area contributed by atoms with E-state index in [2.05, 4.69) is 5.32 Å². The van der Waals surface area contributed by atoms with Crippen molar-refractivity contribution in [3.63, 3.8) is 0 Å². The number of hydrogen-bond donors (Lipinski definition) is 2. The fourth-order valence-electron chi connectivity index (χ4n) is 1.74. The Labute approximate surface area is 115 Å². The molecule has 20 heavy (non-hydrogen) atoms. The molecule has 1 atom stereocenters. The molecule has 0 aromatic heterocycles. The highest BCUT2D eigenvalue weighted by molar-refractivity contribution is 5.83. The van der Waals surface area contributed by atoms with Crippen LogP contribution in [0.4, 0.5) is 8.78 Å². The number of nitrogens with one attached hydrogen (secondary N) is 1. The van der Waals surface area contributed by atoms with E-state index in [4.69, 9.17) is 5.11 Å². The van der Waals surface area contributed by atoms with Gasteiger partial charge in [0.05, 0.1) is 0 Å². The highest BCUT2D eigenvalue weighted by atomic mass is 19.1. The van der Waals surface area contributed by atoms with Crippen molar-refractivity contribution in [2.75, 3.05) is 0 Å². The number of carbonyl (C=O) groups is 2. The monoisotopic (exact) mass is 285 g/mol. The summed E-state index contributed by atoms with van der Waals surface area (Å²) in [7, 11) is 0. The lowest BCUT2D eigenvalue weighted by molar-refractivity contribution is -0.143. The molecule has 2 N–H and O–H groups in total. The molecule has 0 spiro atoms. The van der Waals surface area contributed by atoms with Gasteiger partial charge in [-0.25, -0.2) is 13.6 Å². The van der Waals surface area contributed by atoms with Gasteiger partial charge in [-0.15, -0.1) is 0 Å². The number of rotatable bonds is 6. The average molecular weight is 285 g/mol. The van der Waals surface area contributed by atoms with Crippen molar-refractivity contribution in [2.45, 2.75) is 32.7 Å². The van der Waals surface area contributed by atoms with Crippen molar-refractivity contribution in [1.82, 2.24) is 5.32 Å². The van der Waals surface area contributed by atoms with Crippen LogP contribution in [0.15, 0.2) is 18.2 Å². The van der Waals surface area contributed by atoms with Crippen LogP contribution in [-0.2, 0) is 16.0 Å². The maximum absolute atomic E-state index is 13.3. The van der Waals surface area contributed by atoms with Gasteiger partial charge in [-0.05, 0) is 36.1 Å². The topological polar surface area (TPSA) is 66.4 Å². The Morgan fingerprint density at radius 3 is 2.50 bits per heavy atom. The van der Waals surface area contributed by atoms with Crippen molar-refractivity contribution >= 4 is 11.9 Å². The minimum absolute atomic E-state index is 0.0138. The molecule has 1 rings (SSSR count). The third kappa shape index (κ3) is 4.60. The fraction of sp³-hybridized carbons (Fsp3) is 0.429. The number of carbonyl (C=O) groups excluding carboxylic acids is 1. The average Bonchev–Trinajstić information content (AvgIpc) is 2.36. The van der Waals surface area contributed by atoms with Crippen molar-refractivity contribution in [1.29, 1.82) is 0 Å². The van der Waals surface area contributed by atoms with Gasteiger partial charge >= 0.3 is 5.97 Å². The summed E-state index contributed by atoms with van der Waals surface area (Å²) < 4.78 is 26.3. The van der Waals surface area contributed by atoms with E-state index < -0.39 is 29.6 Å². The number of amides is 1. The SMILES string of the molecule is CC(C)C(NC(=O)CCc1cc(F)ccc1F)C(=O)O. The Balaban J connectivity index is 2.59. The molecule has 4 nitrogen and oxygen atoms in total. The zero-order valence-electron chi connectivity index (χ0n) is 11.3. The molecule has 1 unspecified atom stereocenters. The lowest BCUT2D eigenvalue weighted by Gasteiger charge is -2.17. The van der Waals surface area contributed by atoms with Gasteiger partial charge in [-0.2, -0.15) is 0 Å². The highest BCUT2D eigenvalue weighted by Crippen LogP contribution is 2.12. The smallest absolute Gasteiger partial charge is 0.326 e. The van der Waals surface area contributed by atoms with E-state index in [0.29, 0.717) is 0 Å². The summed E-state index contributed by atoms with van der Waals surface area (Å²) in [6.07, 6.45) is -0.0866. The first-order valence-electron chi connectivity index (χ1n) is 6.27. The normalized spacial score (nSPS) is 12.2. The first-order chi connectivity index (χ1) is 9.31. The Bertz CT molecular complexity index is 503. The van der Waals surface area contributed by atoms with E-state index in [1.54, 1.807) is 13.8 Å². The van der Waals surface area contributed by atoms with Gasteiger partial charge < -0.3 is 10.4 Å². The quantitative estimate of drug-likeness (QED) is 0.841. The van der Waals surface area contributed by atoms with Crippen molar-refractivity contribution in [3.05, 3.63) is 35.4 Å². The Morgan fingerprint density at radius 2 is 1.95 bits per heavy atom. The molecule has 0 aliphatic carbocycles. The molecule has 0 aliphatic rings. The first kappa shape index (κ1) is 16.1. The summed E-state index contributed by atoms with van der Waals surface area (Å²) in [6.45, 7) is 3.34. The minimum atomic E-state index is -1.12. The van der Waals surface area contributed by atoms with Crippen molar-refractivity contribution in [3.8, 4) is 0 Å². The zero-order valence-corrected chi connectivity index (χ0v) is 11.3. The summed E-state index contributed by atoms with van der Waals surface area (Å²) in [5.41, 5.74) is 0.0940. The van der Waals surface area contributed by atoms with E-state index >= 15 is 0 Å². The number of carboxylic acids is 1. The predicted octanol–water partition coefficient (Wildman–Crippen LogP) is 2.12. The second kappa shape index (κ2) is 6.98. The van der Waals surface area contributed by atoms with Gasteiger partial charge in [0.25, 0.3) is 0 Å². The summed E-state index contributed by atoms with van der Waals surface area (Å²) >= 11 is 0. The second-order valence-electron chi connectivity index (χ2n) is 4.86. The van der Waals surface area contributed by atoms with E-state index in [9.17, 15) is 18.4 Å². The maximum Gasteiger partial charge on any atom is 0.326 e. The van der Waals surface area contributed by atoms with E-state index in [-0.39, 0.29) is 24.3 Å². The minimum Gasteiger partial charge on any atom is -0.480 e. The largest absolute Gasteiger partial charge is 0.480 e. The van der Waals surface area contributed by atoms with Gasteiger partial charge in [0.2, 0.25) is 5.91 Å². The molecular weight excluding hydrogens is 268 g/mol. The lowest BCUT2D eigenvalue weighted by Crippen LogP contribution is -2.44. The standard InChI is InChI=1S/C14H17F2NO3/c1-8(2)13(14(19)20)17-12(18)6-3-9-7-10(15)4-5-11(9)16/h4-5,7-8,13H,3,6H2,1-2H3,(H,17,18)(H,19,20). The van der Waals surface area contributed by atoms with Crippen molar-refractivity contribution in [2.24, 2.45) is 5.92 Å². The number of hydrogen-bond acceptors (Lipinski definition) is 2. The molecule has 110 valence electrons. The molecule has 1 aromatic rings. The summed E-state index contributed by atoms with van der Waals surface area (Å²) in [6, 6.07) is 2.04. The molecule has 6 heteroatoms. The van der Waals surface area contributed by atoms with Crippen LogP contribution in [0.25, 0.3) is 0 Å². The summed E-state index contributed by atoms with van der Waals surface area (Å²) in [4.78, 5) is 22.6. The molecule has 0 aliphatic heterocycles. The number of benzene rings is 1. The van der Waals surface area contributed by atoms with Crippen LogP contribution in [0.1, 0.15) is 25.8 Å². The number of aryl methyl sites for hydroxylation is 1. The Hall–Kier alpha value is -1.98. The third-order valence-corrected chi connectivity index (χ3v) is 2.88. The van der Waals surface area contributed by atoms with Crippen LogP contribution in [-0.4, -0.2) is 23.0 Å². The van der Waals surface area contributed by atoms with Crippen LogP contribution >= 0.6 is 0 Å². The van der Waals surface area contributed by atoms with E-state index in [1.807, 2.05) is 0 Å². The van der Waals surface area contributed by atoms with Gasteiger partial charge in [0.15, 0.2) is 0 Å². The van der Waals surface area contributed by atoms with Crippen LogP contribution in [0.3, 0.4) is 0 Å². The van der Waals surface area contributed by atoms with Gasteiger partial charge in [0.1, 0.15) is 17.7 Å². The first-order valence-corrected chi connectivity index (χ1v) is 6.27. The number of halogens is 2. The fourth-order valence-corrected chi connectivity index (χ4v) is 1.74. The Morgan fingerprint density at radius 1 is 1.30 bits per heavy atom. The van der Waals surface area contributed by atoms with Gasteiger partial charge in [-0.3, -0.25) is 4.79 Å². The van der Waals surface area contributed by atoms with E-state index in [0.717, 1.165) is 18.2 Å². The molecule has 0 bridgehead atoms. The van der Waals surface area contributed by atoms with Crippen molar-refractivity contribution < 1.29 is 23.5 Å². The molecule has 0 saturated heterocycles. The summed E-state index contributed by atoms with van der Waals surface area (Å²) in [5, 5.41) is 11.3. The van der Waals surface area contributed by atoms with Gasteiger partial charge in [0, 0.05) is 6.42 Å². The second-order valence-corrected chi connectivity index (χ2v) is 4.86. The molecule has 0 heterocycles. The molecule has 0 fully saturated rings. The molecular formula is C14H17F2NO3. The highest BCUT2D eigenvalue weighted by Gasteiger charge is 2.23. The molecule has 0 radical (unpaired) electrons. The lowest BCUT2D eigenvalue weighted by atomic mass is 10.0. The maximum atomic E-state index is 13.3. The van der Waals surface area contributed by atoms with Crippen LogP contribution in [0.2, 0.25) is 0 Å². The van der Waals surface area contributed by atoms with E-state index in [1.165, 1.54) is 0 Å². The molecule has 0 saturated carbocycles. The molecule has 1 aromatic carbocycles. The van der Waals surface area contributed by atoms with Gasteiger partial charge in [-0.1, -0.05) is 13.8 Å². The third-order valence-electron chi connectivity index (χ3n) is 2.88. The number of carboxylic acid groups (broad SMARTS) is 1. The number of aliphatic carboxylic acids is 1. The summed E-state index contributed by atoms with van der Waals surface area (Å²) in [5.74, 6) is -3.05. The van der Waals surface area contributed by atoms with Crippen LogP contribution in [0, 0.1) is 17.6 Å².